The number of nitriles is 1. The van der Waals surface area contributed by atoms with E-state index in [-0.39, 0.29) is 17.4 Å². The zero-order chi connectivity index (χ0) is 27.5. The first kappa shape index (κ1) is 25.3. The lowest BCUT2D eigenvalue weighted by atomic mass is 9.90. The summed E-state index contributed by atoms with van der Waals surface area (Å²) >= 11 is 0. The minimum atomic E-state index is -4.94. The molecule has 5 aromatic rings. The van der Waals surface area contributed by atoms with Gasteiger partial charge in [0, 0.05) is 40.3 Å². The molecule has 6 rings (SSSR count). The quantitative estimate of drug-likeness (QED) is 0.250. The van der Waals surface area contributed by atoms with Crippen molar-refractivity contribution >= 4 is 43.1 Å². The molecule has 9 heteroatoms. The molecule has 3 heterocycles. The standard InChI is InChI=1S/C30H27FN4O3S/c1-17(2)23-12-25-27(13-24(23)19-11-21(16-33-15-19)39(31,37)38)35(20-6-4-3-5-7-20)30-28(29(25)36)22-9-8-18(14-32)10-26(22)34-30/h8-13,15-17,20,34H,3-7H2,1-2H3. The van der Waals surface area contributed by atoms with Gasteiger partial charge in [-0.3, -0.25) is 9.78 Å². The van der Waals surface area contributed by atoms with Crippen LogP contribution in [-0.4, -0.2) is 23.0 Å². The fourth-order valence-corrected chi connectivity index (χ4v) is 6.50. The van der Waals surface area contributed by atoms with Crippen molar-refractivity contribution in [1.29, 1.82) is 5.26 Å². The van der Waals surface area contributed by atoms with Crippen molar-refractivity contribution in [3.8, 4) is 17.2 Å². The van der Waals surface area contributed by atoms with Gasteiger partial charge < -0.3 is 9.55 Å². The second-order valence-electron chi connectivity index (χ2n) is 10.7. The molecule has 7 nitrogen and oxygen atoms in total. The van der Waals surface area contributed by atoms with Gasteiger partial charge in [0.15, 0.2) is 5.43 Å². The van der Waals surface area contributed by atoms with Crippen molar-refractivity contribution in [2.75, 3.05) is 0 Å². The van der Waals surface area contributed by atoms with E-state index in [9.17, 15) is 22.4 Å². The van der Waals surface area contributed by atoms with E-state index in [2.05, 4.69) is 20.6 Å². The van der Waals surface area contributed by atoms with Crippen LogP contribution in [0.1, 0.15) is 69.0 Å². The largest absolute Gasteiger partial charge is 0.340 e. The number of aromatic amines is 1. The molecule has 2 aromatic carbocycles. The highest BCUT2D eigenvalue weighted by molar-refractivity contribution is 7.86. The van der Waals surface area contributed by atoms with E-state index in [4.69, 9.17) is 0 Å². The fourth-order valence-electron chi connectivity index (χ4n) is 6.05. The van der Waals surface area contributed by atoms with Gasteiger partial charge in [0.1, 0.15) is 10.5 Å². The zero-order valence-corrected chi connectivity index (χ0v) is 22.5. The lowest BCUT2D eigenvalue weighted by Crippen LogP contribution is -2.18. The van der Waals surface area contributed by atoms with Crippen molar-refractivity contribution in [3.05, 3.63) is 70.1 Å². The topological polar surface area (TPSA) is 109 Å². The van der Waals surface area contributed by atoms with Crippen LogP contribution < -0.4 is 5.43 Å². The maximum Gasteiger partial charge on any atom is 0.333 e. The molecule has 0 bridgehead atoms. The highest BCUT2D eigenvalue weighted by Crippen LogP contribution is 2.39. The molecule has 3 aromatic heterocycles. The highest BCUT2D eigenvalue weighted by Gasteiger charge is 2.25. The average molecular weight is 543 g/mol. The number of fused-ring (bicyclic) bond motifs is 4. The van der Waals surface area contributed by atoms with Crippen molar-refractivity contribution in [3.63, 3.8) is 0 Å². The molecule has 39 heavy (non-hydrogen) atoms. The number of hydrogen-bond donors (Lipinski definition) is 1. The molecule has 0 spiro atoms. The molecule has 1 N–H and O–H groups in total. The summed E-state index contributed by atoms with van der Waals surface area (Å²) in [7, 11) is -4.94. The lowest BCUT2D eigenvalue weighted by molar-refractivity contribution is 0.365. The summed E-state index contributed by atoms with van der Waals surface area (Å²) in [4.78, 5) is 21.1. The summed E-state index contributed by atoms with van der Waals surface area (Å²) in [6.45, 7) is 4.00. The summed E-state index contributed by atoms with van der Waals surface area (Å²) in [6.07, 6.45) is 7.77. The molecule has 1 fully saturated rings. The smallest absolute Gasteiger partial charge is 0.333 e. The first-order valence-corrected chi connectivity index (χ1v) is 14.5. The summed E-state index contributed by atoms with van der Waals surface area (Å²) in [5.41, 5.74) is 4.61. The molecule has 198 valence electrons. The number of halogens is 1. The number of H-pyrrole nitrogens is 1. The number of benzene rings is 2. The van der Waals surface area contributed by atoms with Gasteiger partial charge in [0.25, 0.3) is 0 Å². The maximum atomic E-state index is 14.1. The van der Waals surface area contributed by atoms with Crippen LogP contribution in [0.15, 0.2) is 58.5 Å². The molecular weight excluding hydrogens is 515 g/mol. The molecule has 0 radical (unpaired) electrons. The van der Waals surface area contributed by atoms with Gasteiger partial charge in [-0.05, 0) is 60.2 Å². The molecule has 1 saturated carbocycles. The van der Waals surface area contributed by atoms with Crippen LogP contribution in [0.5, 0.6) is 0 Å². The average Bonchev–Trinajstić information content (AvgIpc) is 3.31. The first-order chi connectivity index (χ1) is 18.7. The van der Waals surface area contributed by atoms with Crippen molar-refractivity contribution in [1.82, 2.24) is 14.5 Å². The van der Waals surface area contributed by atoms with Gasteiger partial charge in [-0.15, -0.1) is 3.89 Å². The number of hydrogen-bond acceptors (Lipinski definition) is 5. The fraction of sp³-hybridized carbons (Fsp3) is 0.300. The SMILES string of the molecule is CC(C)c1cc2c(=O)c3c4ccc(C#N)cc4[nH]c3n(C3CCCCC3)c2cc1-c1cncc(S(=O)(=O)F)c1. The number of rotatable bonds is 4. The van der Waals surface area contributed by atoms with Crippen molar-refractivity contribution < 1.29 is 12.3 Å². The Morgan fingerprint density at radius 1 is 1.08 bits per heavy atom. The molecule has 0 unspecified atom stereocenters. The van der Waals surface area contributed by atoms with Gasteiger partial charge in [-0.25, -0.2) is 0 Å². The Balaban J connectivity index is 1.76. The van der Waals surface area contributed by atoms with Crippen LogP contribution >= 0.6 is 0 Å². The molecule has 0 saturated heterocycles. The second-order valence-corrected chi connectivity index (χ2v) is 12.0. The zero-order valence-electron chi connectivity index (χ0n) is 21.7. The van der Waals surface area contributed by atoms with Crippen LogP contribution in [-0.2, 0) is 10.2 Å². The highest BCUT2D eigenvalue weighted by atomic mass is 32.3. The Bertz CT molecular complexity index is 2000. The number of aromatic nitrogens is 3. The molecular formula is C30H27FN4O3S. The third kappa shape index (κ3) is 4.20. The number of nitrogens with zero attached hydrogens (tertiary/aromatic N) is 3. The summed E-state index contributed by atoms with van der Waals surface area (Å²) in [6, 6.07) is 12.8. The van der Waals surface area contributed by atoms with Gasteiger partial charge in [-0.1, -0.05) is 39.2 Å². The third-order valence-electron chi connectivity index (χ3n) is 7.92. The van der Waals surface area contributed by atoms with Gasteiger partial charge in [-0.2, -0.15) is 13.7 Å². The van der Waals surface area contributed by atoms with Crippen LogP contribution in [0.3, 0.4) is 0 Å². The van der Waals surface area contributed by atoms with E-state index in [1.807, 2.05) is 32.0 Å². The van der Waals surface area contributed by atoms with Gasteiger partial charge in [0.2, 0.25) is 0 Å². The normalized spacial score (nSPS) is 14.9. The van der Waals surface area contributed by atoms with Crippen LogP contribution in [0.2, 0.25) is 0 Å². The predicted molar refractivity (Wildman–Crippen MR) is 150 cm³/mol. The number of pyridine rings is 2. The summed E-state index contributed by atoms with van der Waals surface area (Å²) < 4.78 is 39.4. The van der Waals surface area contributed by atoms with Crippen LogP contribution in [0.25, 0.3) is 44.0 Å². The van der Waals surface area contributed by atoms with E-state index in [0.29, 0.717) is 33.1 Å². The van der Waals surface area contributed by atoms with E-state index in [0.717, 1.165) is 60.3 Å². The molecule has 1 aliphatic carbocycles. The van der Waals surface area contributed by atoms with E-state index in [1.54, 1.807) is 12.1 Å². The Labute approximate surface area is 225 Å². The van der Waals surface area contributed by atoms with Gasteiger partial charge >= 0.3 is 10.2 Å². The van der Waals surface area contributed by atoms with Crippen LogP contribution in [0.4, 0.5) is 3.89 Å². The Kier molecular flexibility index (Phi) is 6.03. The lowest BCUT2D eigenvalue weighted by Gasteiger charge is -2.28. The third-order valence-corrected chi connectivity index (χ3v) is 8.70. The molecule has 0 atom stereocenters. The van der Waals surface area contributed by atoms with E-state index in [1.165, 1.54) is 12.3 Å². The minimum absolute atomic E-state index is 0.00516. The van der Waals surface area contributed by atoms with E-state index >= 15 is 0 Å². The second kappa shape index (κ2) is 9.31. The molecule has 1 aliphatic rings. The first-order valence-electron chi connectivity index (χ1n) is 13.1. The Morgan fingerprint density at radius 2 is 1.85 bits per heavy atom. The minimum Gasteiger partial charge on any atom is -0.340 e. The summed E-state index contributed by atoms with van der Waals surface area (Å²) in [5, 5.41) is 11.4. The van der Waals surface area contributed by atoms with Crippen molar-refractivity contribution in [2.24, 2.45) is 0 Å². The number of nitrogens with one attached hydrogen (secondary N) is 1. The predicted octanol–water partition coefficient (Wildman–Crippen LogP) is 6.86. The summed E-state index contributed by atoms with van der Waals surface area (Å²) in [5.74, 6) is -0.00516. The van der Waals surface area contributed by atoms with Gasteiger partial charge in [0.05, 0.1) is 22.5 Å². The monoisotopic (exact) mass is 542 g/mol. The molecule has 0 amide bonds. The molecule has 0 aliphatic heterocycles. The van der Waals surface area contributed by atoms with Crippen LogP contribution in [0, 0.1) is 11.3 Å². The Hall–Kier alpha value is -4.03. The maximum absolute atomic E-state index is 14.1. The Morgan fingerprint density at radius 3 is 2.54 bits per heavy atom. The van der Waals surface area contributed by atoms with E-state index < -0.39 is 15.1 Å². The van der Waals surface area contributed by atoms with Crippen molar-refractivity contribution in [2.45, 2.75) is 62.8 Å².